The Balaban J connectivity index is 1.81. The van der Waals surface area contributed by atoms with Crippen molar-refractivity contribution < 1.29 is 18.0 Å². The number of nitrogens with one attached hydrogen (secondary N) is 1. The predicted molar refractivity (Wildman–Crippen MR) is 79.1 cm³/mol. The molecule has 1 heterocycles. The number of carbonyl (C=O) groups excluding carboxylic acids is 1. The topological polar surface area (TPSA) is 46.9 Å². The fourth-order valence-corrected chi connectivity index (χ4v) is 2.34. The van der Waals surface area contributed by atoms with E-state index in [2.05, 4.69) is 10.4 Å². The van der Waals surface area contributed by atoms with Crippen molar-refractivity contribution in [3.8, 4) is 0 Å². The van der Waals surface area contributed by atoms with Gasteiger partial charge in [0.25, 0.3) is 5.91 Å². The Kier molecular flexibility index (Phi) is 3.87. The molecule has 122 valence electrons. The van der Waals surface area contributed by atoms with Crippen LogP contribution in [0.25, 0.3) is 0 Å². The summed E-state index contributed by atoms with van der Waals surface area (Å²) in [4.78, 5) is 12.3. The lowest BCUT2D eigenvalue weighted by Crippen LogP contribution is -2.18. The predicted octanol–water partition coefficient (Wildman–Crippen LogP) is 3.87. The molecule has 3 rings (SSSR count). The summed E-state index contributed by atoms with van der Waals surface area (Å²) in [6.07, 6.45) is -0.552. The average Bonchev–Trinajstić information content (AvgIpc) is 3.26. The van der Waals surface area contributed by atoms with E-state index < -0.39 is 17.6 Å². The molecule has 0 atom stereocenters. The number of nitrogens with zero attached hydrogens (tertiary/aromatic N) is 2. The van der Waals surface area contributed by atoms with Gasteiger partial charge in [0.05, 0.1) is 11.8 Å². The van der Waals surface area contributed by atoms with Crippen molar-refractivity contribution in [2.45, 2.75) is 32.5 Å². The molecule has 23 heavy (non-hydrogen) atoms. The van der Waals surface area contributed by atoms with E-state index in [-0.39, 0.29) is 5.56 Å². The largest absolute Gasteiger partial charge is 0.416 e. The summed E-state index contributed by atoms with van der Waals surface area (Å²) in [5, 5.41) is 6.90. The first kappa shape index (κ1) is 15.6. The van der Waals surface area contributed by atoms with Crippen molar-refractivity contribution in [2.24, 2.45) is 5.92 Å². The molecule has 0 unspecified atom stereocenters. The Bertz CT molecular complexity index is 732. The fraction of sp³-hybridized carbons (Fsp3) is 0.375. The summed E-state index contributed by atoms with van der Waals surface area (Å²) in [6.45, 7) is 2.52. The van der Waals surface area contributed by atoms with Gasteiger partial charge in [-0.05, 0) is 43.9 Å². The fourth-order valence-electron chi connectivity index (χ4n) is 2.34. The number of amides is 1. The van der Waals surface area contributed by atoms with Gasteiger partial charge in [0.1, 0.15) is 5.82 Å². The zero-order valence-corrected chi connectivity index (χ0v) is 12.5. The maximum atomic E-state index is 12.7. The van der Waals surface area contributed by atoms with Crippen molar-refractivity contribution in [3.05, 3.63) is 47.2 Å². The van der Waals surface area contributed by atoms with Crippen LogP contribution < -0.4 is 5.32 Å². The van der Waals surface area contributed by atoms with Gasteiger partial charge in [-0.2, -0.15) is 18.3 Å². The second-order valence-electron chi connectivity index (χ2n) is 5.83. The number of hydrogen-bond acceptors (Lipinski definition) is 2. The van der Waals surface area contributed by atoms with Gasteiger partial charge in [-0.25, -0.2) is 4.68 Å². The van der Waals surface area contributed by atoms with Gasteiger partial charge >= 0.3 is 6.18 Å². The third kappa shape index (κ3) is 3.55. The number of halogens is 3. The molecule has 1 fully saturated rings. The molecule has 0 spiro atoms. The van der Waals surface area contributed by atoms with E-state index >= 15 is 0 Å². The van der Waals surface area contributed by atoms with Crippen LogP contribution in [-0.2, 0) is 12.7 Å². The number of alkyl halides is 3. The van der Waals surface area contributed by atoms with Crippen LogP contribution in [0.15, 0.2) is 30.5 Å². The lowest BCUT2D eigenvalue weighted by atomic mass is 10.1. The van der Waals surface area contributed by atoms with E-state index in [9.17, 15) is 18.0 Å². The van der Waals surface area contributed by atoms with Gasteiger partial charge in [-0.1, -0.05) is 6.07 Å². The smallest absolute Gasteiger partial charge is 0.307 e. The molecule has 1 saturated carbocycles. The van der Waals surface area contributed by atoms with E-state index in [1.54, 1.807) is 17.8 Å². The zero-order chi connectivity index (χ0) is 16.6. The minimum atomic E-state index is -4.47. The molecule has 1 aliphatic carbocycles. The van der Waals surface area contributed by atoms with Gasteiger partial charge in [0.15, 0.2) is 0 Å². The number of anilines is 1. The molecule has 4 nitrogen and oxygen atoms in total. The highest BCUT2D eigenvalue weighted by Crippen LogP contribution is 2.32. The highest BCUT2D eigenvalue weighted by atomic mass is 19.4. The van der Waals surface area contributed by atoms with Gasteiger partial charge in [0, 0.05) is 17.7 Å². The molecule has 0 bridgehead atoms. The van der Waals surface area contributed by atoms with Crippen molar-refractivity contribution >= 4 is 11.7 Å². The minimum Gasteiger partial charge on any atom is -0.307 e. The maximum absolute atomic E-state index is 12.7. The van der Waals surface area contributed by atoms with E-state index in [4.69, 9.17) is 0 Å². The Morgan fingerprint density at radius 3 is 2.78 bits per heavy atom. The SMILES string of the molecule is Cc1cnn(CC2CC2)c1NC(=O)c1cccc(C(F)(F)F)c1. The molecule has 1 aromatic carbocycles. The van der Waals surface area contributed by atoms with E-state index in [0.717, 1.165) is 30.5 Å². The number of aryl methyl sites for hydroxylation is 1. The number of carbonyl (C=O) groups is 1. The molecular weight excluding hydrogens is 307 g/mol. The zero-order valence-electron chi connectivity index (χ0n) is 12.5. The quantitative estimate of drug-likeness (QED) is 0.928. The Hall–Kier alpha value is -2.31. The van der Waals surface area contributed by atoms with Crippen LogP contribution in [0.2, 0.25) is 0 Å². The second-order valence-corrected chi connectivity index (χ2v) is 5.83. The highest BCUT2D eigenvalue weighted by Gasteiger charge is 2.31. The number of rotatable bonds is 4. The van der Waals surface area contributed by atoms with Crippen molar-refractivity contribution in [2.75, 3.05) is 5.32 Å². The summed E-state index contributed by atoms with van der Waals surface area (Å²) in [5.41, 5.74) is -0.0854. The van der Waals surface area contributed by atoms with Gasteiger partial charge < -0.3 is 5.32 Å². The van der Waals surface area contributed by atoms with Crippen molar-refractivity contribution in [3.63, 3.8) is 0 Å². The molecule has 1 amide bonds. The van der Waals surface area contributed by atoms with Crippen LogP contribution in [0.3, 0.4) is 0 Å². The Morgan fingerprint density at radius 2 is 2.13 bits per heavy atom. The van der Waals surface area contributed by atoms with Gasteiger partial charge in [-0.15, -0.1) is 0 Å². The third-order valence-electron chi connectivity index (χ3n) is 3.83. The Labute approximate surface area is 131 Å². The molecule has 7 heteroatoms. The van der Waals surface area contributed by atoms with E-state index in [1.165, 1.54) is 12.1 Å². The van der Waals surface area contributed by atoms with E-state index in [0.29, 0.717) is 18.3 Å². The van der Waals surface area contributed by atoms with Gasteiger partial charge in [-0.3, -0.25) is 4.79 Å². The molecule has 2 aromatic rings. The lowest BCUT2D eigenvalue weighted by molar-refractivity contribution is -0.137. The normalized spacial score (nSPS) is 14.8. The first-order chi connectivity index (χ1) is 10.8. The lowest BCUT2D eigenvalue weighted by Gasteiger charge is -2.11. The first-order valence-corrected chi connectivity index (χ1v) is 7.35. The number of hydrogen-bond donors (Lipinski definition) is 1. The summed E-state index contributed by atoms with van der Waals surface area (Å²) >= 11 is 0. The Morgan fingerprint density at radius 1 is 1.39 bits per heavy atom. The van der Waals surface area contributed by atoms with Gasteiger partial charge in [0.2, 0.25) is 0 Å². The second kappa shape index (κ2) is 5.72. The average molecular weight is 323 g/mol. The van der Waals surface area contributed by atoms with Crippen LogP contribution in [0.4, 0.5) is 19.0 Å². The first-order valence-electron chi connectivity index (χ1n) is 7.35. The molecule has 0 radical (unpaired) electrons. The molecule has 0 saturated heterocycles. The standard InChI is InChI=1S/C16H16F3N3O/c1-10-8-20-22(9-11-5-6-11)14(10)21-15(23)12-3-2-4-13(7-12)16(17,18)19/h2-4,7-8,11H,5-6,9H2,1H3,(H,21,23). The minimum absolute atomic E-state index is 0.0293. The summed E-state index contributed by atoms with van der Waals surface area (Å²) in [7, 11) is 0. The summed E-state index contributed by atoms with van der Waals surface area (Å²) < 4.78 is 39.9. The molecule has 1 N–H and O–H groups in total. The number of aromatic nitrogens is 2. The number of benzene rings is 1. The maximum Gasteiger partial charge on any atom is 0.416 e. The van der Waals surface area contributed by atoms with Crippen LogP contribution in [0.5, 0.6) is 0 Å². The van der Waals surface area contributed by atoms with Crippen molar-refractivity contribution in [1.82, 2.24) is 9.78 Å². The van der Waals surface area contributed by atoms with E-state index in [1.807, 2.05) is 0 Å². The van der Waals surface area contributed by atoms with Crippen LogP contribution >= 0.6 is 0 Å². The van der Waals surface area contributed by atoms with Crippen LogP contribution in [0, 0.1) is 12.8 Å². The monoisotopic (exact) mass is 323 g/mol. The summed E-state index contributed by atoms with van der Waals surface area (Å²) in [5.74, 6) is 0.537. The molecular formula is C16H16F3N3O. The molecule has 0 aliphatic heterocycles. The van der Waals surface area contributed by atoms with Crippen LogP contribution in [-0.4, -0.2) is 15.7 Å². The summed E-state index contributed by atoms with van der Waals surface area (Å²) in [6, 6.07) is 4.39. The van der Waals surface area contributed by atoms with Crippen LogP contribution in [0.1, 0.15) is 34.3 Å². The van der Waals surface area contributed by atoms with Crippen molar-refractivity contribution in [1.29, 1.82) is 0 Å². The molecule has 1 aliphatic rings. The molecule has 1 aromatic heterocycles. The third-order valence-corrected chi connectivity index (χ3v) is 3.83. The highest BCUT2D eigenvalue weighted by molar-refractivity contribution is 6.04.